The lowest BCUT2D eigenvalue weighted by molar-refractivity contribution is -0.134. The molecule has 0 saturated heterocycles. The van der Waals surface area contributed by atoms with E-state index in [1.54, 1.807) is 7.11 Å². The Hall–Kier alpha value is -1.51. The summed E-state index contributed by atoms with van der Waals surface area (Å²) >= 11 is 0. The number of para-hydroxylation sites is 1. The van der Waals surface area contributed by atoms with Crippen molar-refractivity contribution in [3.05, 3.63) is 18.2 Å². The summed E-state index contributed by atoms with van der Waals surface area (Å²) in [6, 6.07) is 6.16. The molecule has 3 nitrogen and oxygen atoms in total. The molecule has 0 aromatic heterocycles. The summed E-state index contributed by atoms with van der Waals surface area (Å²) in [5, 5.41) is 7.42. The van der Waals surface area contributed by atoms with Crippen molar-refractivity contribution >= 4 is 5.97 Å². The molecule has 2 aliphatic rings. The number of hydrogen-bond acceptors (Lipinski definition) is 2. The van der Waals surface area contributed by atoms with E-state index in [0.29, 0.717) is 0 Å². The van der Waals surface area contributed by atoms with Crippen molar-refractivity contribution < 1.29 is 14.6 Å². The van der Waals surface area contributed by atoms with Crippen LogP contribution in [0.4, 0.5) is 0 Å². The highest BCUT2D eigenvalue weighted by molar-refractivity contribution is 5.94. The predicted octanol–water partition coefficient (Wildman–Crippen LogP) is 1.77. The van der Waals surface area contributed by atoms with Gasteiger partial charge in [0.25, 0.3) is 5.97 Å². The molecule has 64 valence electrons. The monoisotopic (exact) mass is 166 g/mol. The number of benzene rings is 1. The molecule has 0 spiro atoms. The average Bonchev–Trinajstić information content (AvgIpc) is 2.39. The molecular weight excluding hydrogens is 156 g/mol. The van der Waals surface area contributed by atoms with Crippen molar-refractivity contribution in [2.45, 2.75) is 6.92 Å². The summed E-state index contributed by atoms with van der Waals surface area (Å²) < 4.78 is 4.99. The molecule has 0 amide bonds. The Morgan fingerprint density at radius 1 is 1.42 bits per heavy atom. The van der Waals surface area contributed by atoms with Gasteiger partial charge >= 0.3 is 0 Å². The summed E-state index contributed by atoms with van der Waals surface area (Å²) in [4.78, 5) is 9.00. The molecule has 0 fully saturated rings. The summed E-state index contributed by atoms with van der Waals surface area (Å²) in [6.07, 6.45) is 0. The van der Waals surface area contributed by atoms with Crippen molar-refractivity contribution in [2.24, 2.45) is 0 Å². The van der Waals surface area contributed by atoms with Gasteiger partial charge < -0.3 is 9.84 Å². The molecule has 12 heavy (non-hydrogen) atoms. The van der Waals surface area contributed by atoms with Crippen LogP contribution in [0.1, 0.15) is 6.92 Å². The first-order valence-corrected chi connectivity index (χ1v) is 3.53. The Bertz CT molecular complexity index is 280. The summed E-state index contributed by atoms with van der Waals surface area (Å²) in [7, 11) is 1.70. The van der Waals surface area contributed by atoms with Crippen LogP contribution in [0.15, 0.2) is 18.2 Å². The molecule has 0 unspecified atom stereocenters. The molecule has 0 radical (unpaired) electrons. The first kappa shape index (κ1) is 8.59. The fourth-order valence-electron chi connectivity index (χ4n) is 0.990. The number of rotatable bonds is 1. The van der Waals surface area contributed by atoms with Crippen molar-refractivity contribution in [3.63, 3.8) is 0 Å². The summed E-state index contributed by atoms with van der Waals surface area (Å²) in [5.41, 5.74) is 2.57. The van der Waals surface area contributed by atoms with Crippen LogP contribution in [0.2, 0.25) is 0 Å². The fraction of sp³-hybridized carbons (Fsp3) is 0.222. The van der Waals surface area contributed by atoms with Crippen LogP contribution in [0.25, 0.3) is 11.1 Å². The standard InChI is InChI=1S/C7H6O.C2H4O2/c1-8-7-5-3-2-4-6(5)7;1-2(3)4/h2-4H,1H3;1H3,(H,3,4). The van der Waals surface area contributed by atoms with Crippen LogP contribution >= 0.6 is 0 Å². The van der Waals surface area contributed by atoms with E-state index in [2.05, 4.69) is 12.1 Å². The molecular formula is C9H10O3. The zero-order valence-corrected chi connectivity index (χ0v) is 7.00. The van der Waals surface area contributed by atoms with Crippen molar-refractivity contribution in [2.75, 3.05) is 7.11 Å². The van der Waals surface area contributed by atoms with Crippen LogP contribution in [0, 0.1) is 0 Å². The Morgan fingerprint density at radius 3 is 2.08 bits per heavy atom. The highest BCUT2D eigenvalue weighted by Crippen LogP contribution is 2.50. The second-order valence-electron chi connectivity index (χ2n) is 2.41. The molecule has 0 bridgehead atoms. The third-order valence-electron chi connectivity index (χ3n) is 1.45. The number of aliphatic carboxylic acids is 1. The van der Waals surface area contributed by atoms with E-state index in [1.165, 1.54) is 11.1 Å². The van der Waals surface area contributed by atoms with Gasteiger partial charge in [-0.2, -0.15) is 0 Å². The number of carboxylic acid groups (broad SMARTS) is 1. The van der Waals surface area contributed by atoms with Gasteiger partial charge in [-0.15, -0.1) is 0 Å². The highest BCUT2D eigenvalue weighted by Gasteiger charge is 2.23. The second kappa shape index (κ2) is 3.26. The van der Waals surface area contributed by atoms with E-state index >= 15 is 0 Å². The second-order valence-corrected chi connectivity index (χ2v) is 2.41. The van der Waals surface area contributed by atoms with Gasteiger partial charge in [-0.25, -0.2) is 0 Å². The lowest BCUT2D eigenvalue weighted by Crippen LogP contribution is -1.78. The van der Waals surface area contributed by atoms with Gasteiger partial charge in [0.05, 0.1) is 7.11 Å². The van der Waals surface area contributed by atoms with E-state index < -0.39 is 5.97 Å². The molecule has 1 N–H and O–H groups in total. The van der Waals surface area contributed by atoms with E-state index in [4.69, 9.17) is 14.6 Å². The maximum absolute atomic E-state index is 9.00. The van der Waals surface area contributed by atoms with Crippen molar-refractivity contribution in [1.82, 2.24) is 0 Å². The maximum Gasteiger partial charge on any atom is 0.300 e. The van der Waals surface area contributed by atoms with Crippen molar-refractivity contribution in [3.8, 4) is 16.9 Å². The first-order valence-electron chi connectivity index (χ1n) is 3.53. The van der Waals surface area contributed by atoms with Gasteiger partial charge in [-0.05, 0) is 0 Å². The van der Waals surface area contributed by atoms with Crippen molar-refractivity contribution in [1.29, 1.82) is 0 Å². The number of carbonyl (C=O) groups is 1. The smallest absolute Gasteiger partial charge is 0.300 e. The predicted molar refractivity (Wildman–Crippen MR) is 45.3 cm³/mol. The lowest BCUT2D eigenvalue weighted by atomic mass is 10.6. The molecule has 2 rings (SSSR count). The van der Waals surface area contributed by atoms with Gasteiger partial charge in [-0.3, -0.25) is 4.79 Å². The molecule has 0 aromatic rings. The summed E-state index contributed by atoms with van der Waals surface area (Å²) in [6.45, 7) is 1.08. The van der Waals surface area contributed by atoms with E-state index in [9.17, 15) is 0 Å². The van der Waals surface area contributed by atoms with Gasteiger partial charge in [0.15, 0.2) is 0 Å². The highest BCUT2D eigenvalue weighted by atomic mass is 16.5. The third-order valence-corrected chi connectivity index (χ3v) is 1.45. The normalized spacial score (nSPS) is 9.50. The number of hydrogen-bond donors (Lipinski definition) is 1. The molecule has 0 aromatic carbocycles. The number of fused-ring (bicyclic) bond motifs is 1. The van der Waals surface area contributed by atoms with Gasteiger partial charge in [-0.1, -0.05) is 18.2 Å². The number of ether oxygens (including phenoxy) is 1. The third kappa shape index (κ3) is 1.75. The Balaban J connectivity index is 0.000000157. The van der Waals surface area contributed by atoms with E-state index in [0.717, 1.165) is 12.7 Å². The van der Waals surface area contributed by atoms with E-state index in [1.807, 2.05) is 6.07 Å². The molecule has 0 heterocycles. The van der Waals surface area contributed by atoms with Gasteiger partial charge in [0.2, 0.25) is 0 Å². The largest absolute Gasteiger partial charge is 0.495 e. The molecule has 0 aliphatic heterocycles. The summed E-state index contributed by atoms with van der Waals surface area (Å²) in [5.74, 6) is 0.243. The molecule has 0 atom stereocenters. The Morgan fingerprint density at radius 2 is 1.83 bits per heavy atom. The Kier molecular flexibility index (Phi) is 2.33. The number of carboxylic acids is 1. The minimum absolute atomic E-state index is 0.833. The SMILES string of the molecule is CC(=O)O.COc1c2cccc1-2. The molecule has 3 heteroatoms. The maximum atomic E-state index is 9.00. The lowest BCUT2D eigenvalue weighted by Gasteiger charge is -1.79. The van der Waals surface area contributed by atoms with Crippen LogP contribution < -0.4 is 4.74 Å². The first-order chi connectivity index (χ1) is 5.66. The van der Waals surface area contributed by atoms with E-state index in [-0.39, 0.29) is 0 Å². The number of methoxy groups -OCH3 is 1. The van der Waals surface area contributed by atoms with Crippen LogP contribution in [0.5, 0.6) is 5.75 Å². The topological polar surface area (TPSA) is 46.5 Å². The van der Waals surface area contributed by atoms with Crippen LogP contribution in [0.3, 0.4) is 0 Å². The molecule has 2 aliphatic carbocycles. The fourth-order valence-corrected chi connectivity index (χ4v) is 0.990. The zero-order valence-electron chi connectivity index (χ0n) is 7.00. The van der Waals surface area contributed by atoms with Gasteiger partial charge in [0.1, 0.15) is 5.75 Å². The average molecular weight is 166 g/mol. The minimum atomic E-state index is -0.833. The minimum Gasteiger partial charge on any atom is -0.495 e. The Labute approximate surface area is 70.6 Å². The van der Waals surface area contributed by atoms with Crippen LogP contribution in [-0.2, 0) is 4.79 Å². The van der Waals surface area contributed by atoms with Gasteiger partial charge in [0, 0.05) is 18.1 Å². The molecule has 0 saturated carbocycles. The van der Waals surface area contributed by atoms with Crippen LogP contribution in [-0.4, -0.2) is 18.2 Å². The zero-order chi connectivity index (χ0) is 9.14. The quantitative estimate of drug-likeness (QED) is 0.702.